The maximum absolute atomic E-state index is 12.1. The fourth-order valence-electron chi connectivity index (χ4n) is 3.15. The van der Waals surface area contributed by atoms with Gasteiger partial charge in [0.25, 0.3) is 5.56 Å². The summed E-state index contributed by atoms with van der Waals surface area (Å²) in [6.07, 6.45) is 2.34. The number of benzene rings is 1. The first-order valence-electron chi connectivity index (χ1n) is 6.60. The second-order valence-electron chi connectivity index (χ2n) is 5.32. The van der Waals surface area contributed by atoms with E-state index < -0.39 is 0 Å². The summed E-state index contributed by atoms with van der Waals surface area (Å²) in [4.78, 5) is 17.4. The van der Waals surface area contributed by atoms with Crippen LogP contribution >= 0.6 is 11.6 Å². The summed E-state index contributed by atoms with van der Waals surface area (Å²) in [6, 6.07) is 5.98. The van der Waals surface area contributed by atoms with E-state index in [0.717, 1.165) is 24.0 Å². The molecule has 19 heavy (non-hydrogen) atoms. The molecule has 1 N–H and O–H groups in total. The molecule has 1 aromatic carbocycles. The summed E-state index contributed by atoms with van der Waals surface area (Å²) in [5, 5.41) is 2.32. The van der Waals surface area contributed by atoms with E-state index in [4.69, 9.17) is 11.6 Å². The first-order chi connectivity index (χ1) is 9.08. The van der Waals surface area contributed by atoms with Crippen LogP contribution in [0.3, 0.4) is 0 Å². The SMILES string of the molecule is Cc1[nH]c(=O)c2cc(Cl)ccc2c1C1CCCN1C. The van der Waals surface area contributed by atoms with Crippen molar-refractivity contribution in [3.8, 4) is 0 Å². The van der Waals surface area contributed by atoms with Gasteiger partial charge in [0.05, 0.1) is 0 Å². The van der Waals surface area contributed by atoms with Crippen molar-refractivity contribution in [1.29, 1.82) is 0 Å². The molecule has 0 saturated carbocycles. The lowest BCUT2D eigenvalue weighted by molar-refractivity contribution is 0.317. The number of pyridine rings is 1. The number of nitrogens with one attached hydrogen (secondary N) is 1. The van der Waals surface area contributed by atoms with Crippen LogP contribution in [-0.4, -0.2) is 23.5 Å². The Hall–Kier alpha value is -1.32. The molecule has 1 atom stereocenters. The van der Waals surface area contributed by atoms with Gasteiger partial charge in [-0.25, -0.2) is 0 Å². The number of nitrogens with zero attached hydrogens (tertiary/aromatic N) is 1. The molecule has 2 heterocycles. The van der Waals surface area contributed by atoms with Crippen molar-refractivity contribution in [1.82, 2.24) is 9.88 Å². The van der Waals surface area contributed by atoms with E-state index in [0.29, 0.717) is 16.5 Å². The zero-order valence-electron chi connectivity index (χ0n) is 11.2. The number of fused-ring (bicyclic) bond motifs is 1. The first kappa shape index (κ1) is 12.7. The molecule has 0 spiro atoms. The van der Waals surface area contributed by atoms with Gasteiger partial charge in [0, 0.05) is 22.1 Å². The number of hydrogen-bond acceptors (Lipinski definition) is 2. The molecule has 4 heteroatoms. The zero-order chi connectivity index (χ0) is 13.6. The average Bonchev–Trinajstić information content (AvgIpc) is 2.77. The summed E-state index contributed by atoms with van der Waals surface area (Å²) in [7, 11) is 2.14. The second-order valence-corrected chi connectivity index (χ2v) is 5.76. The van der Waals surface area contributed by atoms with Gasteiger partial charge in [-0.05, 0) is 56.4 Å². The number of aromatic nitrogens is 1. The van der Waals surface area contributed by atoms with Crippen molar-refractivity contribution in [2.75, 3.05) is 13.6 Å². The predicted molar refractivity (Wildman–Crippen MR) is 78.9 cm³/mol. The molecule has 3 rings (SSSR count). The van der Waals surface area contributed by atoms with Gasteiger partial charge in [0.2, 0.25) is 0 Å². The Morgan fingerprint density at radius 1 is 1.37 bits per heavy atom. The Morgan fingerprint density at radius 2 is 2.16 bits per heavy atom. The number of hydrogen-bond donors (Lipinski definition) is 1. The highest BCUT2D eigenvalue weighted by molar-refractivity contribution is 6.31. The highest BCUT2D eigenvalue weighted by Gasteiger charge is 2.26. The van der Waals surface area contributed by atoms with Crippen molar-refractivity contribution in [3.63, 3.8) is 0 Å². The highest BCUT2D eigenvalue weighted by atomic mass is 35.5. The molecule has 3 nitrogen and oxygen atoms in total. The Balaban J connectivity index is 2.32. The molecule has 0 radical (unpaired) electrons. The molecule has 1 aliphatic heterocycles. The summed E-state index contributed by atoms with van der Waals surface area (Å²) < 4.78 is 0. The Bertz CT molecular complexity index is 692. The van der Waals surface area contributed by atoms with E-state index in [2.05, 4.69) is 16.9 Å². The van der Waals surface area contributed by atoms with E-state index >= 15 is 0 Å². The van der Waals surface area contributed by atoms with Gasteiger partial charge in [0.15, 0.2) is 0 Å². The summed E-state index contributed by atoms with van der Waals surface area (Å²) in [5.74, 6) is 0. The number of aryl methyl sites for hydroxylation is 1. The lowest BCUT2D eigenvalue weighted by atomic mass is 9.96. The average molecular weight is 277 g/mol. The van der Waals surface area contributed by atoms with Gasteiger partial charge in [-0.2, -0.15) is 0 Å². The van der Waals surface area contributed by atoms with Crippen LogP contribution in [0.25, 0.3) is 10.8 Å². The van der Waals surface area contributed by atoms with Crippen LogP contribution in [0.5, 0.6) is 0 Å². The van der Waals surface area contributed by atoms with Crippen molar-refractivity contribution in [2.24, 2.45) is 0 Å². The molecule has 0 bridgehead atoms. The van der Waals surface area contributed by atoms with Gasteiger partial charge >= 0.3 is 0 Å². The first-order valence-corrected chi connectivity index (χ1v) is 6.98. The fourth-order valence-corrected chi connectivity index (χ4v) is 3.32. The third-order valence-corrected chi connectivity index (χ3v) is 4.31. The largest absolute Gasteiger partial charge is 0.326 e. The molecule has 1 fully saturated rings. The smallest absolute Gasteiger partial charge is 0.256 e. The number of halogens is 1. The molecule has 1 aromatic heterocycles. The molecule has 100 valence electrons. The van der Waals surface area contributed by atoms with Crippen LogP contribution in [0.1, 0.15) is 30.1 Å². The van der Waals surface area contributed by atoms with Crippen molar-refractivity contribution in [3.05, 3.63) is 44.8 Å². The fraction of sp³-hybridized carbons (Fsp3) is 0.400. The van der Waals surface area contributed by atoms with E-state index in [1.807, 2.05) is 19.1 Å². The Labute approximate surface area is 117 Å². The molecule has 2 aromatic rings. The monoisotopic (exact) mass is 276 g/mol. The van der Waals surface area contributed by atoms with Crippen LogP contribution in [-0.2, 0) is 0 Å². The van der Waals surface area contributed by atoms with Crippen molar-refractivity contribution in [2.45, 2.75) is 25.8 Å². The molecule has 0 amide bonds. The molecular formula is C15H17ClN2O. The Kier molecular flexibility index (Phi) is 3.11. The quantitative estimate of drug-likeness (QED) is 0.868. The summed E-state index contributed by atoms with van der Waals surface area (Å²) in [5.41, 5.74) is 2.16. The minimum absolute atomic E-state index is 0.0561. The van der Waals surface area contributed by atoms with E-state index in [1.165, 1.54) is 12.0 Å². The maximum atomic E-state index is 12.1. The highest BCUT2D eigenvalue weighted by Crippen LogP contribution is 2.35. The predicted octanol–water partition coefficient (Wildman–Crippen LogP) is 3.26. The minimum atomic E-state index is -0.0561. The lowest BCUT2D eigenvalue weighted by Gasteiger charge is -2.23. The summed E-state index contributed by atoms with van der Waals surface area (Å²) in [6.45, 7) is 3.09. The molecular weight excluding hydrogens is 260 g/mol. The molecule has 1 unspecified atom stereocenters. The number of rotatable bonds is 1. The molecule has 1 aliphatic rings. The van der Waals surface area contributed by atoms with Crippen molar-refractivity contribution < 1.29 is 0 Å². The minimum Gasteiger partial charge on any atom is -0.326 e. The van der Waals surface area contributed by atoms with Crippen LogP contribution < -0.4 is 5.56 Å². The van der Waals surface area contributed by atoms with Gasteiger partial charge in [-0.3, -0.25) is 9.69 Å². The van der Waals surface area contributed by atoms with Crippen LogP contribution in [0.2, 0.25) is 5.02 Å². The van der Waals surface area contributed by atoms with E-state index in [1.54, 1.807) is 6.07 Å². The van der Waals surface area contributed by atoms with Crippen LogP contribution in [0.15, 0.2) is 23.0 Å². The zero-order valence-corrected chi connectivity index (χ0v) is 11.9. The van der Waals surface area contributed by atoms with Gasteiger partial charge < -0.3 is 4.98 Å². The van der Waals surface area contributed by atoms with Crippen molar-refractivity contribution >= 4 is 22.4 Å². The van der Waals surface area contributed by atoms with E-state index in [-0.39, 0.29) is 5.56 Å². The number of likely N-dealkylation sites (tertiary alicyclic amines) is 1. The maximum Gasteiger partial charge on any atom is 0.256 e. The number of aromatic amines is 1. The van der Waals surface area contributed by atoms with Gasteiger partial charge in [-0.15, -0.1) is 0 Å². The second kappa shape index (κ2) is 4.66. The molecule has 0 aliphatic carbocycles. The van der Waals surface area contributed by atoms with Crippen LogP contribution in [0.4, 0.5) is 0 Å². The normalized spacial score (nSPS) is 20.3. The van der Waals surface area contributed by atoms with Gasteiger partial charge in [-0.1, -0.05) is 17.7 Å². The van der Waals surface area contributed by atoms with Crippen LogP contribution in [0, 0.1) is 6.92 Å². The third kappa shape index (κ3) is 2.07. The third-order valence-electron chi connectivity index (χ3n) is 4.08. The molecule has 1 saturated heterocycles. The summed E-state index contributed by atoms with van der Waals surface area (Å²) >= 11 is 6.01. The number of H-pyrrole nitrogens is 1. The lowest BCUT2D eigenvalue weighted by Crippen LogP contribution is -2.21. The standard InChI is InChI=1S/C15H17ClN2O/c1-9-14(13-4-3-7-18(13)2)11-6-5-10(16)8-12(11)15(19)17-9/h5-6,8,13H,3-4,7H2,1-2H3,(H,17,19). The Morgan fingerprint density at radius 3 is 2.84 bits per heavy atom. The van der Waals surface area contributed by atoms with E-state index in [9.17, 15) is 4.79 Å². The topological polar surface area (TPSA) is 36.1 Å². The van der Waals surface area contributed by atoms with Gasteiger partial charge in [0.1, 0.15) is 0 Å².